The van der Waals surface area contributed by atoms with Crippen LogP contribution in [0, 0.1) is 0 Å². The van der Waals surface area contributed by atoms with Crippen LogP contribution in [-0.4, -0.2) is 25.5 Å². The summed E-state index contributed by atoms with van der Waals surface area (Å²) in [6.07, 6.45) is 0. The summed E-state index contributed by atoms with van der Waals surface area (Å²) in [6.45, 7) is 1.26. The van der Waals surface area contributed by atoms with Crippen LogP contribution in [0.4, 0.5) is 0 Å². The minimum absolute atomic E-state index is 0.0690. The maximum Gasteiger partial charge on any atom is 0.327 e. The SMILES string of the molecule is CNCC(=O)OC(C)=O. The van der Waals surface area contributed by atoms with Gasteiger partial charge >= 0.3 is 11.9 Å². The lowest BCUT2D eigenvalue weighted by atomic mass is 10.6. The zero-order chi connectivity index (χ0) is 7.28. The molecule has 0 atom stereocenters. The molecule has 52 valence electrons. The van der Waals surface area contributed by atoms with Crippen LogP contribution in [0.15, 0.2) is 0 Å². The number of esters is 2. The first kappa shape index (κ1) is 8.10. The van der Waals surface area contributed by atoms with E-state index in [1.54, 1.807) is 7.05 Å². The van der Waals surface area contributed by atoms with E-state index < -0.39 is 11.9 Å². The molecular formula is C5H9NO3. The summed E-state index contributed by atoms with van der Waals surface area (Å²) in [4.78, 5) is 20.4. The molecule has 0 aliphatic carbocycles. The number of ether oxygens (including phenoxy) is 1. The van der Waals surface area contributed by atoms with Crippen molar-refractivity contribution in [2.75, 3.05) is 13.6 Å². The number of rotatable bonds is 2. The van der Waals surface area contributed by atoms with Gasteiger partial charge in [-0.15, -0.1) is 0 Å². The number of carbonyl (C=O) groups is 2. The van der Waals surface area contributed by atoms with Crippen LogP contribution in [0.2, 0.25) is 0 Å². The van der Waals surface area contributed by atoms with Crippen LogP contribution in [0.1, 0.15) is 6.92 Å². The number of nitrogens with one attached hydrogen (secondary N) is 1. The lowest BCUT2D eigenvalue weighted by Crippen LogP contribution is -2.22. The Morgan fingerprint density at radius 2 is 2.11 bits per heavy atom. The molecule has 0 saturated carbocycles. The van der Waals surface area contributed by atoms with E-state index in [9.17, 15) is 9.59 Å². The van der Waals surface area contributed by atoms with Gasteiger partial charge in [-0.05, 0) is 7.05 Å². The van der Waals surface area contributed by atoms with Crippen LogP contribution >= 0.6 is 0 Å². The van der Waals surface area contributed by atoms with Crippen molar-refractivity contribution in [1.29, 1.82) is 0 Å². The van der Waals surface area contributed by atoms with E-state index in [1.165, 1.54) is 6.92 Å². The molecule has 0 unspecified atom stereocenters. The molecule has 0 saturated heterocycles. The Labute approximate surface area is 53.2 Å². The normalized spacial score (nSPS) is 8.67. The van der Waals surface area contributed by atoms with Crippen molar-refractivity contribution in [1.82, 2.24) is 5.32 Å². The summed E-state index contributed by atoms with van der Waals surface area (Å²) in [7, 11) is 1.60. The average Bonchev–Trinajstić information content (AvgIpc) is 1.63. The summed E-state index contributed by atoms with van der Waals surface area (Å²) in [5.41, 5.74) is 0. The predicted octanol–water partition coefficient (Wildman–Crippen LogP) is -0.705. The maximum atomic E-state index is 10.3. The molecule has 0 aliphatic heterocycles. The molecule has 0 heterocycles. The van der Waals surface area contributed by atoms with Crippen LogP contribution in [-0.2, 0) is 14.3 Å². The molecule has 0 aliphatic rings. The Kier molecular flexibility index (Phi) is 3.62. The van der Waals surface area contributed by atoms with Gasteiger partial charge in [0.2, 0.25) is 0 Å². The molecule has 0 aromatic rings. The van der Waals surface area contributed by atoms with Gasteiger partial charge in [0.15, 0.2) is 0 Å². The third kappa shape index (κ3) is 4.96. The van der Waals surface area contributed by atoms with Gasteiger partial charge in [0.05, 0.1) is 6.54 Å². The van der Waals surface area contributed by atoms with Crippen molar-refractivity contribution in [3.63, 3.8) is 0 Å². The topological polar surface area (TPSA) is 55.4 Å². The summed E-state index contributed by atoms with van der Waals surface area (Å²) in [5.74, 6) is -1.12. The van der Waals surface area contributed by atoms with Gasteiger partial charge in [0.25, 0.3) is 0 Å². The van der Waals surface area contributed by atoms with Gasteiger partial charge in [-0.1, -0.05) is 0 Å². The highest BCUT2D eigenvalue weighted by Crippen LogP contribution is 1.75. The summed E-state index contributed by atoms with van der Waals surface area (Å²) in [5, 5.41) is 2.55. The smallest absolute Gasteiger partial charge is 0.327 e. The Morgan fingerprint density at radius 1 is 1.56 bits per heavy atom. The van der Waals surface area contributed by atoms with E-state index in [0.717, 1.165) is 0 Å². The van der Waals surface area contributed by atoms with Gasteiger partial charge < -0.3 is 10.1 Å². The number of carbonyl (C=O) groups excluding carboxylic acids is 2. The molecule has 4 heteroatoms. The van der Waals surface area contributed by atoms with Crippen LogP contribution < -0.4 is 5.32 Å². The van der Waals surface area contributed by atoms with Crippen molar-refractivity contribution >= 4 is 11.9 Å². The van der Waals surface area contributed by atoms with Gasteiger partial charge in [-0.3, -0.25) is 9.59 Å². The predicted molar refractivity (Wildman–Crippen MR) is 30.7 cm³/mol. The minimum atomic E-state index is -0.574. The van der Waals surface area contributed by atoms with Gasteiger partial charge in [-0.2, -0.15) is 0 Å². The number of hydrogen-bond acceptors (Lipinski definition) is 4. The highest BCUT2D eigenvalue weighted by Gasteiger charge is 2.01. The second-order valence-corrected chi connectivity index (χ2v) is 1.50. The van der Waals surface area contributed by atoms with Crippen LogP contribution in [0.5, 0.6) is 0 Å². The molecule has 4 nitrogen and oxygen atoms in total. The molecule has 1 N–H and O–H groups in total. The van der Waals surface area contributed by atoms with Crippen molar-refractivity contribution in [3.05, 3.63) is 0 Å². The monoisotopic (exact) mass is 131 g/mol. The summed E-state index contributed by atoms with van der Waals surface area (Å²) >= 11 is 0. The Balaban J connectivity index is 3.39. The average molecular weight is 131 g/mol. The van der Waals surface area contributed by atoms with Gasteiger partial charge in [0, 0.05) is 6.92 Å². The van der Waals surface area contributed by atoms with E-state index in [0.29, 0.717) is 0 Å². The molecule has 0 spiro atoms. The number of hydrogen-bond donors (Lipinski definition) is 1. The van der Waals surface area contributed by atoms with E-state index in [1.807, 2.05) is 0 Å². The van der Waals surface area contributed by atoms with Gasteiger partial charge in [0.1, 0.15) is 0 Å². The zero-order valence-corrected chi connectivity index (χ0v) is 5.43. The quantitative estimate of drug-likeness (QED) is 0.397. The Bertz CT molecular complexity index is 121. The molecular weight excluding hydrogens is 122 g/mol. The van der Waals surface area contributed by atoms with Crippen LogP contribution in [0.25, 0.3) is 0 Å². The Hall–Kier alpha value is -0.900. The van der Waals surface area contributed by atoms with E-state index in [4.69, 9.17) is 0 Å². The number of likely N-dealkylation sites (N-methyl/N-ethyl adjacent to an activating group) is 1. The molecule has 0 aromatic carbocycles. The lowest BCUT2D eigenvalue weighted by Gasteiger charge is -1.95. The second kappa shape index (κ2) is 4.03. The molecule has 0 amide bonds. The second-order valence-electron chi connectivity index (χ2n) is 1.50. The standard InChI is InChI=1S/C5H9NO3/c1-4(7)9-5(8)3-6-2/h6H,3H2,1-2H3. The molecule has 0 aromatic heterocycles. The fourth-order valence-corrected chi connectivity index (χ4v) is 0.341. The largest absolute Gasteiger partial charge is 0.392 e. The molecule has 0 rings (SSSR count). The van der Waals surface area contributed by atoms with Gasteiger partial charge in [-0.25, -0.2) is 0 Å². The minimum Gasteiger partial charge on any atom is -0.392 e. The third-order valence-corrected chi connectivity index (χ3v) is 0.579. The summed E-state index contributed by atoms with van der Waals surface area (Å²) < 4.78 is 4.15. The molecule has 0 fully saturated rings. The molecule has 0 radical (unpaired) electrons. The van der Waals surface area contributed by atoms with E-state index in [2.05, 4.69) is 10.1 Å². The Morgan fingerprint density at radius 3 is 2.44 bits per heavy atom. The first-order valence-electron chi connectivity index (χ1n) is 2.52. The maximum absolute atomic E-state index is 10.3. The summed E-state index contributed by atoms with van der Waals surface area (Å²) in [6, 6.07) is 0. The van der Waals surface area contributed by atoms with E-state index in [-0.39, 0.29) is 6.54 Å². The van der Waals surface area contributed by atoms with E-state index >= 15 is 0 Å². The highest BCUT2D eigenvalue weighted by molar-refractivity contribution is 5.85. The lowest BCUT2D eigenvalue weighted by molar-refractivity contribution is -0.157. The third-order valence-electron chi connectivity index (χ3n) is 0.579. The zero-order valence-electron chi connectivity index (χ0n) is 5.43. The molecule has 9 heavy (non-hydrogen) atoms. The van der Waals surface area contributed by atoms with Crippen molar-refractivity contribution < 1.29 is 14.3 Å². The highest BCUT2D eigenvalue weighted by atomic mass is 16.6. The first-order chi connectivity index (χ1) is 4.16. The van der Waals surface area contributed by atoms with Crippen LogP contribution in [0.3, 0.4) is 0 Å². The van der Waals surface area contributed by atoms with Crippen molar-refractivity contribution in [2.45, 2.75) is 6.92 Å². The molecule has 0 bridgehead atoms. The first-order valence-corrected chi connectivity index (χ1v) is 2.52. The van der Waals surface area contributed by atoms with Crippen molar-refractivity contribution in [2.24, 2.45) is 0 Å². The van der Waals surface area contributed by atoms with Crippen molar-refractivity contribution in [3.8, 4) is 0 Å². The fraction of sp³-hybridized carbons (Fsp3) is 0.600. The fourth-order valence-electron chi connectivity index (χ4n) is 0.341.